The summed E-state index contributed by atoms with van der Waals surface area (Å²) in [7, 11) is 0. The molecule has 0 bridgehead atoms. The molecule has 0 fully saturated rings. The van der Waals surface area contributed by atoms with Crippen LogP contribution in [0.2, 0.25) is 0 Å². The molecule has 3 nitrogen and oxygen atoms in total. The first-order chi connectivity index (χ1) is 8.93. The predicted molar refractivity (Wildman–Crippen MR) is 78.0 cm³/mol. The molecule has 0 spiro atoms. The number of amides is 1. The summed E-state index contributed by atoms with van der Waals surface area (Å²) in [6.07, 6.45) is 1.18. The summed E-state index contributed by atoms with van der Waals surface area (Å²) in [6.45, 7) is 8.01. The molecule has 1 aromatic carbocycles. The molecule has 1 amide bonds. The molecule has 0 heterocycles. The van der Waals surface area contributed by atoms with E-state index in [1.807, 2.05) is 45.9 Å². The minimum absolute atomic E-state index is 0.0127. The van der Waals surface area contributed by atoms with Crippen molar-refractivity contribution in [3.05, 3.63) is 34.9 Å². The van der Waals surface area contributed by atoms with Crippen molar-refractivity contribution in [3.63, 3.8) is 0 Å². The van der Waals surface area contributed by atoms with Gasteiger partial charge in [-0.05, 0) is 44.7 Å². The van der Waals surface area contributed by atoms with Gasteiger partial charge in [0.2, 0.25) is 5.91 Å². The summed E-state index contributed by atoms with van der Waals surface area (Å²) in [5.41, 5.74) is 3.13. The number of carbonyl (C=O) groups is 1. The third-order valence-electron chi connectivity index (χ3n) is 3.46. The number of aryl methyl sites for hydroxylation is 2. The van der Waals surface area contributed by atoms with E-state index >= 15 is 0 Å². The third-order valence-corrected chi connectivity index (χ3v) is 3.46. The molecule has 0 aromatic heterocycles. The molecule has 2 atom stereocenters. The van der Waals surface area contributed by atoms with E-state index in [4.69, 9.17) is 0 Å². The third kappa shape index (κ3) is 5.03. The lowest BCUT2D eigenvalue weighted by molar-refractivity contribution is -0.122. The summed E-state index contributed by atoms with van der Waals surface area (Å²) >= 11 is 0. The van der Waals surface area contributed by atoms with Gasteiger partial charge < -0.3 is 10.4 Å². The summed E-state index contributed by atoms with van der Waals surface area (Å²) in [5.74, 6) is 0.0127. The fourth-order valence-electron chi connectivity index (χ4n) is 1.99. The topological polar surface area (TPSA) is 49.3 Å². The summed E-state index contributed by atoms with van der Waals surface area (Å²) in [6, 6.07) is 6.23. The van der Waals surface area contributed by atoms with Crippen LogP contribution in [0.15, 0.2) is 18.2 Å². The second kappa shape index (κ2) is 7.29. The number of carbonyl (C=O) groups excluding carboxylic acids is 1. The molecule has 3 heteroatoms. The number of rotatable bonds is 6. The molecule has 2 N–H and O–H groups in total. The Kier molecular flexibility index (Phi) is 6.03. The van der Waals surface area contributed by atoms with Crippen molar-refractivity contribution in [1.29, 1.82) is 0 Å². The second-order valence-corrected chi connectivity index (χ2v) is 5.29. The lowest BCUT2D eigenvalue weighted by Gasteiger charge is -2.16. The SMILES string of the molecule is CCC(C)NC(=O)CCC(O)c1cc(C)ccc1C. The van der Waals surface area contributed by atoms with E-state index in [0.717, 1.165) is 23.1 Å². The Balaban J connectivity index is 2.53. The molecular weight excluding hydrogens is 238 g/mol. The van der Waals surface area contributed by atoms with Crippen molar-refractivity contribution in [1.82, 2.24) is 5.32 Å². The van der Waals surface area contributed by atoms with Crippen molar-refractivity contribution in [3.8, 4) is 0 Å². The van der Waals surface area contributed by atoms with E-state index in [0.29, 0.717) is 12.8 Å². The van der Waals surface area contributed by atoms with E-state index in [1.165, 1.54) is 0 Å². The maximum Gasteiger partial charge on any atom is 0.220 e. The summed E-state index contributed by atoms with van der Waals surface area (Å²) in [4.78, 5) is 11.7. The van der Waals surface area contributed by atoms with Gasteiger partial charge in [0.1, 0.15) is 0 Å². The van der Waals surface area contributed by atoms with Crippen LogP contribution in [0.3, 0.4) is 0 Å². The molecule has 2 unspecified atom stereocenters. The number of hydrogen-bond donors (Lipinski definition) is 2. The van der Waals surface area contributed by atoms with Crippen LogP contribution in [0.1, 0.15) is 55.9 Å². The van der Waals surface area contributed by atoms with Crippen LogP contribution in [-0.2, 0) is 4.79 Å². The van der Waals surface area contributed by atoms with Gasteiger partial charge >= 0.3 is 0 Å². The highest BCUT2D eigenvalue weighted by Gasteiger charge is 2.13. The fourth-order valence-corrected chi connectivity index (χ4v) is 1.99. The van der Waals surface area contributed by atoms with E-state index in [2.05, 4.69) is 5.32 Å². The van der Waals surface area contributed by atoms with E-state index in [1.54, 1.807) is 0 Å². The first-order valence-corrected chi connectivity index (χ1v) is 6.98. The molecule has 1 rings (SSSR count). The Bertz CT molecular complexity index is 429. The highest BCUT2D eigenvalue weighted by Crippen LogP contribution is 2.23. The zero-order valence-electron chi connectivity index (χ0n) is 12.4. The maximum atomic E-state index is 11.7. The van der Waals surface area contributed by atoms with Gasteiger partial charge in [-0.15, -0.1) is 0 Å². The lowest BCUT2D eigenvalue weighted by Crippen LogP contribution is -2.31. The monoisotopic (exact) mass is 263 g/mol. The summed E-state index contributed by atoms with van der Waals surface area (Å²) < 4.78 is 0. The van der Waals surface area contributed by atoms with Gasteiger partial charge in [-0.1, -0.05) is 30.7 Å². The van der Waals surface area contributed by atoms with Crippen LogP contribution in [0, 0.1) is 13.8 Å². The predicted octanol–water partition coefficient (Wildman–Crippen LogP) is 3.03. The smallest absolute Gasteiger partial charge is 0.220 e. The standard InChI is InChI=1S/C16H25NO2/c1-5-13(4)17-16(19)9-8-15(18)14-10-11(2)6-7-12(14)3/h6-7,10,13,15,18H,5,8-9H2,1-4H3,(H,17,19). The molecule has 0 saturated carbocycles. The molecule has 0 aliphatic rings. The quantitative estimate of drug-likeness (QED) is 0.829. The van der Waals surface area contributed by atoms with Crippen LogP contribution in [0.4, 0.5) is 0 Å². The highest BCUT2D eigenvalue weighted by atomic mass is 16.3. The van der Waals surface area contributed by atoms with Crippen molar-refractivity contribution in [2.45, 2.75) is 59.1 Å². The van der Waals surface area contributed by atoms with Crippen molar-refractivity contribution < 1.29 is 9.90 Å². The van der Waals surface area contributed by atoms with Crippen LogP contribution in [0.25, 0.3) is 0 Å². The first kappa shape index (κ1) is 15.7. The molecule has 0 radical (unpaired) electrons. The minimum Gasteiger partial charge on any atom is -0.388 e. The van der Waals surface area contributed by atoms with Gasteiger partial charge in [-0.2, -0.15) is 0 Å². The van der Waals surface area contributed by atoms with Crippen molar-refractivity contribution in [2.75, 3.05) is 0 Å². The molecule has 1 aromatic rings. The molecule has 0 saturated heterocycles. The average molecular weight is 263 g/mol. The lowest BCUT2D eigenvalue weighted by atomic mass is 9.98. The van der Waals surface area contributed by atoms with Crippen LogP contribution in [0.5, 0.6) is 0 Å². The molecule has 0 aliphatic heterocycles. The van der Waals surface area contributed by atoms with Crippen molar-refractivity contribution >= 4 is 5.91 Å². The Hall–Kier alpha value is -1.35. The van der Waals surface area contributed by atoms with Gasteiger partial charge in [0.15, 0.2) is 0 Å². The zero-order chi connectivity index (χ0) is 14.4. The Morgan fingerprint density at radius 1 is 1.37 bits per heavy atom. The Morgan fingerprint density at radius 3 is 2.68 bits per heavy atom. The van der Waals surface area contributed by atoms with Crippen LogP contribution >= 0.6 is 0 Å². The number of aliphatic hydroxyl groups excluding tert-OH is 1. The Morgan fingerprint density at radius 2 is 2.05 bits per heavy atom. The van der Waals surface area contributed by atoms with Gasteiger partial charge in [0, 0.05) is 12.5 Å². The fraction of sp³-hybridized carbons (Fsp3) is 0.562. The maximum absolute atomic E-state index is 11.7. The van der Waals surface area contributed by atoms with Gasteiger partial charge in [-0.3, -0.25) is 4.79 Å². The van der Waals surface area contributed by atoms with Gasteiger partial charge in [0.05, 0.1) is 6.10 Å². The largest absolute Gasteiger partial charge is 0.388 e. The minimum atomic E-state index is -0.567. The van der Waals surface area contributed by atoms with Crippen LogP contribution in [-0.4, -0.2) is 17.1 Å². The molecule has 106 valence electrons. The summed E-state index contributed by atoms with van der Waals surface area (Å²) in [5, 5.41) is 13.1. The average Bonchev–Trinajstić information content (AvgIpc) is 2.38. The first-order valence-electron chi connectivity index (χ1n) is 6.98. The van der Waals surface area contributed by atoms with E-state index in [9.17, 15) is 9.90 Å². The molecule has 0 aliphatic carbocycles. The van der Waals surface area contributed by atoms with Crippen LogP contribution < -0.4 is 5.32 Å². The second-order valence-electron chi connectivity index (χ2n) is 5.29. The zero-order valence-corrected chi connectivity index (χ0v) is 12.4. The normalized spacial score (nSPS) is 13.9. The van der Waals surface area contributed by atoms with Gasteiger partial charge in [-0.25, -0.2) is 0 Å². The van der Waals surface area contributed by atoms with Gasteiger partial charge in [0.25, 0.3) is 0 Å². The number of hydrogen-bond acceptors (Lipinski definition) is 2. The number of aliphatic hydroxyl groups is 1. The Labute approximate surface area is 116 Å². The molecular formula is C16H25NO2. The van der Waals surface area contributed by atoms with E-state index in [-0.39, 0.29) is 11.9 Å². The highest BCUT2D eigenvalue weighted by molar-refractivity contribution is 5.76. The van der Waals surface area contributed by atoms with Crippen molar-refractivity contribution in [2.24, 2.45) is 0 Å². The number of benzene rings is 1. The molecule has 19 heavy (non-hydrogen) atoms. The number of nitrogens with one attached hydrogen (secondary N) is 1. The van der Waals surface area contributed by atoms with E-state index < -0.39 is 6.10 Å².